The average Bonchev–Trinajstić information content (AvgIpc) is 3.82. The number of nitro benzene ring substituents is 1. The van der Waals surface area contributed by atoms with Crippen LogP contribution in [0.25, 0.3) is 49.2 Å². The molecule has 2 aromatic heterocycles. The van der Waals surface area contributed by atoms with Crippen LogP contribution in [-0.4, -0.2) is 58.5 Å². The molecule has 0 radical (unpaired) electrons. The molecule has 8 rings (SSSR count). The van der Waals surface area contributed by atoms with Gasteiger partial charge in [-0.15, -0.1) is 0 Å². The normalized spacial score (nSPS) is 14.0. The number of hydrogen-bond donors (Lipinski definition) is 1. The smallest absolute Gasteiger partial charge is 0.270 e. The van der Waals surface area contributed by atoms with Gasteiger partial charge in [0, 0.05) is 87.4 Å². The molecule has 0 unspecified atom stereocenters. The number of fused-ring (bicyclic) bond motifs is 10. The number of benzene rings is 4. The van der Waals surface area contributed by atoms with Crippen molar-refractivity contribution in [1.82, 2.24) is 19.4 Å². The fraction of sp³-hybridized carbons (Fsp3) is 0.341. The lowest BCUT2D eigenvalue weighted by Crippen LogP contribution is -2.19. The maximum atomic E-state index is 12.3. The number of aryl methyl sites for hydroxylation is 4. The van der Waals surface area contributed by atoms with Gasteiger partial charge in [0.2, 0.25) is 0 Å². The molecule has 0 aliphatic heterocycles. The monoisotopic (exact) mass is 655 g/mol. The second kappa shape index (κ2) is 13.3. The van der Waals surface area contributed by atoms with Gasteiger partial charge < -0.3 is 19.4 Å². The molecule has 0 atom stereocenters. The number of non-ortho nitro benzene ring substituents is 1. The summed E-state index contributed by atoms with van der Waals surface area (Å²) in [6, 6.07) is 20.2. The summed E-state index contributed by atoms with van der Waals surface area (Å²) in [4.78, 5) is 25.3. The molecular formula is C41H45N5O3. The molecule has 8 heteroatoms. The van der Waals surface area contributed by atoms with Crippen molar-refractivity contribution >= 4 is 60.7 Å². The number of nitrogens with one attached hydrogen (secondary N) is 1. The van der Waals surface area contributed by atoms with Crippen LogP contribution in [0.15, 0.2) is 67.2 Å². The number of nitrogens with zero attached hydrogens (tertiary/aromatic N) is 4. The van der Waals surface area contributed by atoms with E-state index < -0.39 is 0 Å². The second-order valence-corrected chi connectivity index (χ2v) is 13.8. The van der Waals surface area contributed by atoms with Gasteiger partial charge in [0.15, 0.2) is 5.78 Å². The van der Waals surface area contributed by atoms with E-state index in [4.69, 9.17) is 0 Å². The number of aromatic nitrogens is 2. The first kappa shape index (κ1) is 32.7. The lowest BCUT2D eigenvalue weighted by molar-refractivity contribution is -0.384. The van der Waals surface area contributed by atoms with Crippen molar-refractivity contribution in [1.29, 1.82) is 0 Å². The molecule has 0 saturated carbocycles. The van der Waals surface area contributed by atoms with Crippen molar-refractivity contribution in [3.8, 4) is 0 Å². The quantitative estimate of drug-likeness (QED) is 0.0960. The van der Waals surface area contributed by atoms with Gasteiger partial charge in [0.05, 0.1) is 4.92 Å². The highest BCUT2D eigenvalue weighted by Crippen LogP contribution is 2.43. The predicted octanol–water partition coefficient (Wildman–Crippen LogP) is 8.46. The lowest BCUT2D eigenvalue weighted by Gasteiger charge is -2.11. The summed E-state index contributed by atoms with van der Waals surface area (Å²) in [6.45, 7) is 13.2. The topological polar surface area (TPSA) is 85.3 Å². The minimum atomic E-state index is -0.329. The average molecular weight is 656 g/mol. The molecule has 4 aromatic carbocycles. The Morgan fingerprint density at radius 2 is 1.43 bits per heavy atom. The summed E-state index contributed by atoms with van der Waals surface area (Å²) < 4.78 is 4.72. The van der Waals surface area contributed by atoms with Gasteiger partial charge in [-0.1, -0.05) is 31.2 Å². The van der Waals surface area contributed by atoms with Crippen LogP contribution in [0.4, 0.5) is 5.69 Å². The van der Waals surface area contributed by atoms with Gasteiger partial charge >= 0.3 is 0 Å². The summed E-state index contributed by atoms with van der Waals surface area (Å²) in [5.74, 6) is 0.299. The summed E-state index contributed by atoms with van der Waals surface area (Å²) in [6.07, 6.45) is 4.68. The van der Waals surface area contributed by atoms with Gasteiger partial charge in [-0.3, -0.25) is 14.9 Å². The van der Waals surface area contributed by atoms with Gasteiger partial charge in [-0.25, -0.2) is 0 Å². The van der Waals surface area contributed by atoms with Crippen LogP contribution in [-0.2, 0) is 25.9 Å². The third-order valence-corrected chi connectivity index (χ3v) is 10.3. The number of carbonyl (C=O) groups excluding carboxylic acids is 1. The number of ketones is 1. The van der Waals surface area contributed by atoms with Gasteiger partial charge in [-0.05, 0) is 118 Å². The Balaban J connectivity index is 0.000000156. The zero-order valence-corrected chi connectivity index (χ0v) is 29.1. The van der Waals surface area contributed by atoms with Gasteiger partial charge in [0.25, 0.3) is 5.69 Å². The van der Waals surface area contributed by atoms with Crippen molar-refractivity contribution in [2.24, 2.45) is 0 Å². The molecule has 49 heavy (non-hydrogen) atoms. The van der Waals surface area contributed by atoms with Crippen molar-refractivity contribution in [3.05, 3.63) is 105 Å². The van der Waals surface area contributed by atoms with E-state index in [2.05, 4.69) is 89.4 Å². The minimum Gasteiger partial charge on any atom is -0.340 e. The minimum absolute atomic E-state index is 0.145. The van der Waals surface area contributed by atoms with E-state index in [1.54, 1.807) is 12.1 Å². The summed E-state index contributed by atoms with van der Waals surface area (Å²) in [7, 11) is 4.14. The number of hydrogen-bond acceptors (Lipinski definition) is 5. The number of Topliss-reactive ketones (excluding diaryl/α,β-unsaturated/α-hetero) is 1. The summed E-state index contributed by atoms with van der Waals surface area (Å²) in [5, 5.41) is 19.3. The zero-order valence-electron chi connectivity index (χ0n) is 29.1. The van der Waals surface area contributed by atoms with E-state index in [9.17, 15) is 14.9 Å². The second-order valence-electron chi connectivity index (χ2n) is 13.8. The van der Waals surface area contributed by atoms with Gasteiger partial charge in [-0.2, -0.15) is 0 Å². The Labute approximate surface area is 287 Å². The molecule has 0 fully saturated rings. The standard InChI is InChI=1S/C23H24N2O.C18H21N3O2/c1-3-24-12-13-25-19-9-6-15-14(2)4-5-17(15)22(19)23-18-8-11-21(26)16(18)7-10-20(23)25;1-13-5-7-17-15(11-13)16-12-14(21(22)23)6-8-18(16)20(17)10-4-9-19(2)3/h6-7,9-10,24H,2-5,8,11-13H2,1H3;5-8,11-12H,4,9-10H2,1-3H3. The fourth-order valence-corrected chi connectivity index (χ4v) is 8.02. The highest BCUT2D eigenvalue weighted by Gasteiger charge is 2.28. The van der Waals surface area contributed by atoms with Crippen LogP contribution in [0.2, 0.25) is 0 Å². The Kier molecular flexibility index (Phi) is 8.86. The molecule has 2 aliphatic carbocycles. The predicted molar refractivity (Wildman–Crippen MR) is 202 cm³/mol. The summed E-state index contributed by atoms with van der Waals surface area (Å²) >= 11 is 0. The van der Waals surface area contributed by atoms with E-state index in [0.29, 0.717) is 12.2 Å². The molecule has 252 valence electrons. The Morgan fingerprint density at radius 1 is 0.816 bits per heavy atom. The molecule has 8 nitrogen and oxygen atoms in total. The van der Waals surface area contributed by atoms with E-state index in [1.165, 1.54) is 44.1 Å². The van der Waals surface area contributed by atoms with Crippen LogP contribution < -0.4 is 5.32 Å². The van der Waals surface area contributed by atoms with Crippen molar-refractivity contribution < 1.29 is 9.72 Å². The molecule has 0 spiro atoms. The van der Waals surface area contributed by atoms with Crippen LogP contribution in [0.3, 0.4) is 0 Å². The maximum absolute atomic E-state index is 12.3. The van der Waals surface area contributed by atoms with Crippen LogP contribution in [0.1, 0.15) is 58.8 Å². The third-order valence-electron chi connectivity index (χ3n) is 10.3. The zero-order chi connectivity index (χ0) is 34.4. The maximum Gasteiger partial charge on any atom is 0.270 e. The molecule has 6 aromatic rings. The molecule has 2 aliphatic rings. The molecule has 2 heterocycles. The molecule has 0 bridgehead atoms. The van der Waals surface area contributed by atoms with E-state index in [-0.39, 0.29) is 10.6 Å². The van der Waals surface area contributed by atoms with Crippen LogP contribution >= 0.6 is 0 Å². The first-order valence-corrected chi connectivity index (χ1v) is 17.5. The fourth-order valence-electron chi connectivity index (χ4n) is 8.02. The number of rotatable bonds is 9. The number of nitro groups is 1. The van der Waals surface area contributed by atoms with Crippen molar-refractivity contribution in [2.75, 3.05) is 33.7 Å². The molecule has 1 N–H and O–H groups in total. The first-order valence-electron chi connectivity index (χ1n) is 17.5. The molecule has 0 saturated heterocycles. The van der Waals surface area contributed by atoms with E-state index in [0.717, 1.165) is 91.3 Å². The van der Waals surface area contributed by atoms with E-state index in [1.807, 2.05) is 13.0 Å². The number of likely N-dealkylation sites (N-methyl/N-ethyl adjacent to an activating group) is 1. The summed E-state index contributed by atoms with van der Waals surface area (Å²) in [5.41, 5.74) is 12.3. The largest absolute Gasteiger partial charge is 0.340 e. The lowest BCUT2D eigenvalue weighted by atomic mass is 9.97. The highest BCUT2D eigenvalue weighted by molar-refractivity contribution is 6.17. The van der Waals surface area contributed by atoms with Gasteiger partial charge in [0.1, 0.15) is 0 Å². The number of carbonyl (C=O) groups is 1. The third kappa shape index (κ3) is 5.83. The Hall–Kier alpha value is -4.79. The first-order chi connectivity index (χ1) is 23.7. The highest BCUT2D eigenvalue weighted by atomic mass is 16.6. The SMILES string of the molecule is C=C1CCc2c1ccc1c2c2c3c(ccc2n1CCNCC)C(=O)CC3.Cc1ccc2c(c1)c1cc([N+](=O)[O-])ccc1n2CCCN(C)C. The van der Waals surface area contributed by atoms with Crippen molar-refractivity contribution in [3.63, 3.8) is 0 Å². The molecule has 0 amide bonds. The van der Waals surface area contributed by atoms with Crippen LogP contribution in [0, 0.1) is 17.0 Å². The van der Waals surface area contributed by atoms with Crippen molar-refractivity contribution in [2.45, 2.75) is 59.0 Å². The number of allylic oxidation sites excluding steroid dienone is 1. The van der Waals surface area contributed by atoms with Crippen LogP contribution in [0.5, 0.6) is 0 Å². The molecular weight excluding hydrogens is 610 g/mol. The van der Waals surface area contributed by atoms with E-state index >= 15 is 0 Å². The Bertz CT molecular complexity index is 2210. The Morgan fingerprint density at radius 3 is 2.12 bits per heavy atom.